The van der Waals surface area contributed by atoms with E-state index in [9.17, 15) is 0 Å². The molecule has 0 N–H and O–H groups in total. The molecule has 1 atom stereocenters. The van der Waals surface area contributed by atoms with Crippen LogP contribution in [-0.4, -0.2) is 29.9 Å². The van der Waals surface area contributed by atoms with Crippen LogP contribution < -0.4 is 9.64 Å². The number of likely N-dealkylation sites (N-methyl/N-ethyl adjacent to an activating group) is 1. The van der Waals surface area contributed by atoms with Gasteiger partial charge < -0.3 is 9.64 Å². The van der Waals surface area contributed by atoms with E-state index in [2.05, 4.69) is 27.2 Å². The molecule has 1 aliphatic rings. The Balaban J connectivity index is 1.66. The zero-order valence-corrected chi connectivity index (χ0v) is 11.3. The molecule has 0 spiro atoms. The quantitative estimate of drug-likeness (QED) is 0.849. The molecule has 0 aliphatic carbocycles. The average molecular weight is 261 g/mol. The van der Waals surface area contributed by atoms with Gasteiger partial charge in [0.15, 0.2) is 0 Å². The number of nitrogens with zero attached hydrogens (tertiary/aromatic N) is 3. The maximum Gasteiger partial charge on any atom is 0.208 e. The third-order valence-electron chi connectivity index (χ3n) is 3.03. The molecular formula is C13H15N3OS. The first-order valence-electron chi connectivity index (χ1n) is 5.98. The van der Waals surface area contributed by atoms with Crippen LogP contribution in [-0.2, 0) is 6.42 Å². The minimum atomic E-state index is 0.205. The van der Waals surface area contributed by atoms with Crippen molar-refractivity contribution in [2.24, 2.45) is 0 Å². The Hall–Kier alpha value is -1.62. The van der Waals surface area contributed by atoms with Gasteiger partial charge in [-0.3, -0.25) is 0 Å². The lowest BCUT2D eigenvalue weighted by Gasteiger charge is -2.19. The number of hydrogen-bond acceptors (Lipinski definition) is 5. The first-order valence-corrected chi connectivity index (χ1v) is 6.80. The molecule has 0 radical (unpaired) electrons. The van der Waals surface area contributed by atoms with Crippen LogP contribution in [0.5, 0.6) is 5.75 Å². The Labute approximate surface area is 110 Å². The second-order valence-electron chi connectivity index (χ2n) is 4.54. The first kappa shape index (κ1) is 11.5. The van der Waals surface area contributed by atoms with Crippen LogP contribution >= 0.6 is 11.3 Å². The third-order valence-corrected chi connectivity index (χ3v) is 3.99. The van der Waals surface area contributed by atoms with Crippen LogP contribution in [0.15, 0.2) is 24.3 Å². The van der Waals surface area contributed by atoms with E-state index in [4.69, 9.17) is 4.74 Å². The Bertz CT molecular complexity index is 530. The molecular weight excluding hydrogens is 246 g/mol. The van der Waals surface area contributed by atoms with E-state index in [0.717, 1.165) is 28.9 Å². The third kappa shape index (κ3) is 2.18. The van der Waals surface area contributed by atoms with Gasteiger partial charge in [0.25, 0.3) is 0 Å². The van der Waals surface area contributed by atoms with Crippen LogP contribution in [0.1, 0.15) is 10.6 Å². The Morgan fingerprint density at radius 3 is 2.94 bits per heavy atom. The highest BCUT2D eigenvalue weighted by molar-refractivity contribution is 7.15. The summed E-state index contributed by atoms with van der Waals surface area (Å²) in [6.07, 6.45) is 1.18. The fourth-order valence-electron chi connectivity index (χ4n) is 2.18. The number of rotatable bonds is 3. The number of benzene rings is 1. The van der Waals surface area contributed by atoms with Crippen LogP contribution in [0.4, 0.5) is 5.13 Å². The van der Waals surface area contributed by atoms with Crippen LogP contribution in [0.3, 0.4) is 0 Å². The summed E-state index contributed by atoms with van der Waals surface area (Å²) in [6, 6.07) is 8.23. The lowest BCUT2D eigenvalue weighted by atomic mass is 10.1. The number of aryl methyl sites for hydroxylation is 1. The largest absolute Gasteiger partial charge is 0.488 e. The van der Waals surface area contributed by atoms with Gasteiger partial charge in [-0.1, -0.05) is 29.5 Å². The summed E-state index contributed by atoms with van der Waals surface area (Å²) in [7, 11) is 2.03. The molecule has 2 aromatic rings. The molecule has 1 aromatic heterocycles. The fourth-order valence-corrected chi connectivity index (χ4v) is 2.84. The minimum Gasteiger partial charge on any atom is -0.488 e. The van der Waals surface area contributed by atoms with Crippen molar-refractivity contribution < 1.29 is 4.74 Å². The highest BCUT2D eigenvalue weighted by Gasteiger charge is 2.24. The van der Waals surface area contributed by atoms with Crippen molar-refractivity contribution in [1.82, 2.24) is 10.2 Å². The van der Waals surface area contributed by atoms with Gasteiger partial charge >= 0.3 is 0 Å². The topological polar surface area (TPSA) is 38.2 Å². The zero-order chi connectivity index (χ0) is 12.5. The van der Waals surface area contributed by atoms with Crippen molar-refractivity contribution in [2.75, 3.05) is 18.5 Å². The Morgan fingerprint density at radius 2 is 2.22 bits per heavy atom. The second kappa shape index (κ2) is 4.57. The second-order valence-corrected chi connectivity index (χ2v) is 5.70. The highest BCUT2D eigenvalue weighted by atomic mass is 32.1. The van der Waals surface area contributed by atoms with Gasteiger partial charge in [-0.15, -0.1) is 10.2 Å². The molecule has 18 heavy (non-hydrogen) atoms. The zero-order valence-electron chi connectivity index (χ0n) is 10.5. The van der Waals surface area contributed by atoms with Crippen molar-refractivity contribution in [2.45, 2.75) is 19.4 Å². The van der Waals surface area contributed by atoms with Gasteiger partial charge in [-0.2, -0.15) is 0 Å². The number of para-hydroxylation sites is 1. The van der Waals surface area contributed by atoms with Crippen molar-refractivity contribution in [1.29, 1.82) is 0 Å². The van der Waals surface area contributed by atoms with E-state index in [1.54, 1.807) is 11.3 Å². The Kier molecular flexibility index (Phi) is 2.91. The standard InChI is InChI=1S/C13H15N3OS/c1-9-14-15-13(18-9)16(2)8-11-7-10-5-3-4-6-12(10)17-11/h3-6,11H,7-8H2,1-2H3. The highest BCUT2D eigenvalue weighted by Crippen LogP contribution is 2.29. The van der Waals surface area contributed by atoms with Crippen molar-refractivity contribution >= 4 is 16.5 Å². The molecule has 4 nitrogen and oxygen atoms in total. The summed E-state index contributed by atoms with van der Waals surface area (Å²) in [5.74, 6) is 1.02. The summed E-state index contributed by atoms with van der Waals surface area (Å²) in [5.41, 5.74) is 1.30. The van der Waals surface area contributed by atoms with Gasteiger partial charge in [0.2, 0.25) is 5.13 Å². The van der Waals surface area contributed by atoms with E-state index in [0.29, 0.717) is 0 Å². The van der Waals surface area contributed by atoms with Gasteiger partial charge in [-0.05, 0) is 18.6 Å². The molecule has 3 rings (SSSR count). The van der Waals surface area contributed by atoms with Crippen molar-refractivity contribution in [3.05, 3.63) is 34.8 Å². The fraction of sp³-hybridized carbons (Fsp3) is 0.385. The molecule has 0 saturated carbocycles. The maximum atomic E-state index is 5.92. The van der Waals surface area contributed by atoms with E-state index in [1.807, 2.05) is 26.1 Å². The molecule has 94 valence electrons. The van der Waals surface area contributed by atoms with Crippen LogP contribution in [0, 0.1) is 6.92 Å². The number of fused-ring (bicyclic) bond motifs is 1. The predicted molar refractivity (Wildman–Crippen MR) is 72.5 cm³/mol. The molecule has 0 bridgehead atoms. The van der Waals surface area contributed by atoms with Gasteiger partial charge in [-0.25, -0.2) is 0 Å². The molecule has 0 fully saturated rings. The number of hydrogen-bond donors (Lipinski definition) is 0. The van der Waals surface area contributed by atoms with Crippen LogP contribution in [0.2, 0.25) is 0 Å². The molecule has 5 heteroatoms. The van der Waals surface area contributed by atoms with E-state index in [1.165, 1.54) is 5.56 Å². The summed E-state index contributed by atoms with van der Waals surface area (Å²) in [6.45, 7) is 2.81. The van der Waals surface area contributed by atoms with E-state index < -0.39 is 0 Å². The maximum absolute atomic E-state index is 5.92. The van der Waals surface area contributed by atoms with Crippen molar-refractivity contribution in [3.63, 3.8) is 0 Å². The monoisotopic (exact) mass is 261 g/mol. The summed E-state index contributed by atoms with van der Waals surface area (Å²) in [4.78, 5) is 2.11. The normalized spacial score (nSPS) is 17.3. The molecule has 0 saturated heterocycles. The summed E-state index contributed by atoms with van der Waals surface area (Å²) >= 11 is 1.61. The molecule has 1 aliphatic heterocycles. The lowest BCUT2D eigenvalue weighted by Crippen LogP contribution is -2.31. The van der Waals surface area contributed by atoms with Crippen molar-refractivity contribution in [3.8, 4) is 5.75 Å². The molecule has 1 unspecified atom stereocenters. The van der Waals surface area contributed by atoms with Gasteiger partial charge in [0, 0.05) is 13.5 Å². The number of ether oxygens (including phenoxy) is 1. The Morgan fingerprint density at radius 1 is 1.39 bits per heavy atom. The first-order chi connectivity index (χ1) is 8.72. The minimum absolute atomic E-state index is 0.205. The average Bonchev–Trinajstić information content (AvgIpc) is 2.94. The molecule has 2 heterocycles. The predicted octanol–water partition coefficient (Wildman–Crippen LogP) is 2.29. The summed E-state index contributed by atoms with van der Waals surface area (Å²) < 4.78 is 5.92. The van der Waals surface area contributed by atoms with Crippen LogP contribution in [0.25, 0.3) is 0 Å². The van der Waals surface area contributed by atoms with E-state index in [-0.39, 0.29) is 6.10 Å². The number of anilines is 1. The number of aromatic nitrogens is 2. The summed E-state index contributed by atoms with van der Waals surface area (Å²) in [5, 5.41) is 10.1. The van der Waals surface area contributed by atoms with Gasteiger partial charge in [0.1, 0.15) is 16.9 Å². The van der Waals surface area contributed by atoms with Gasteiger partial charge in [0.05, 0.1) is 6.54 Å². The smallest absolute Gasteiger partial charge is 0.208 e. The molecule has 0 amide bonds. The lowest BCUT2D eigenvalue weighted by molar-refractivity contribution is 0.239. The molecule has 1 aromatic carbocycles. The SMILES string of the molecule is Cc1nnc(N(C)CC2Cc3ccccc3O2)s1. The van der Waals surface area contributed by atoms with E-state index >= 15 is 0 Å².